The maximum Gasteiger partial charge on any atom is 0.338 e. The first-order valence-corrected chi connectivity index (χ1v) is 8.88. The number of amides is 2. The lowest BCUT2D eigenvalue weighted by atomic mass is 10.2. The summed E-state index contributed by atoms with van der Waals surface area (Å²) in [6.45, 7) is 4.66. The van der Waals surface area contributed by atoms with Gasteiger partial charge in [-0.15, -0.1) is 0 Å². The molecule has 2 amide bonds. The topological polar surface area (TPSA) is 97.4 Å². The Kier molecular flexibility index (Phi) is 7.49. The van der Waals surface area contributed by atoms with E-state index in [-0.39, 0.29) is 11.6 Å². The van der Waals surface area contributed by atoms with Crippen molar-refractivity contribution in [2.75, 3.05) is 18.5 Å². The van der Waals surface area contributed by atoms with Crippen molar-refractivity contribution >= 4 is 23.5 Å². The average molecular weight is 369 g/mol. The molecule has 1 aromatic carbocycles. The van der Waals surface area contributed by atoms with Gasteiger partial charge in [0.2, 0.25) is 0 Å². The minimum atomic E-state index is -0.443. The lowest BCUT2D eigenvalue weighted by molar-refractivity contribution is 0.0526. The quantitative estimate of drug-likeness (QED) is 0.551. The molecule has 0 saturated carbocycles. The van der Waals surface area contributed by atoms with Crippen LogP contribution in [0.5, 0.6) is 0 Å². The Bertz CT molecular complexity index is 803. The smallest absolute Gasteiger partial charge is 0.338 e. The fraction of sp³-hybridized carbons (Fsp3) is 0.300. The number of carbonyl (C=O) groups is 3. The maximum atomic E-state index is 12.4. The highest BCUT2D eigenvalue weighted by Gasteiger charge is 2.12. The molecule has 0 spiro atoms. The third kappa shape index (κ3) is 5.91. The average Bonchev–Trinajstić information content (AvgIpc) is 2.69. The maximum absolute atomic E-state index is 12.4. The molecule has 142 valence electrons. The van der Waals surface area contributed by atoms with Crippen molar-refractivity contribution in [2.45, 2.75) is 26.7 Å². The molecule has 27 heavy (non-hydrogen) atoms. The van der Waals surface area contributed by atoms with Gasteiger partial charge in [0.1, 0.15) is 5.69 Å². The van der Waals surface area contributed by atoms with Crippen molar-refractivity contribution in [3.05, 3.63) is 59.4 Å². The number of rotatable bonds is 8. The van der Waals surface area contributed by atoms with Gasteiger partial charge in [-0.3, -0.25) is 14.6 Å². The predicted molar refractivity (Wildman–Crippen MR) is 102 cm³/mol. The van der Waals surface area contributed by atoms with Gasteiger partial charge in [-0.25, -0.2) is 4.79 Å². The van der Waals surface area contributed by atoms with Gasteiger partial charge in [-0.05, 0) is 49.7 Å². The van der Waals surface area contributed by atoms with E-state index in [9.17, 15) is 14.4 Å². The number of anilines is 1. The van der Waals surface area contributed by atoms with E-state index in [0.29, 0.717) is 30.0 Å². The van der Waals surface area contributed by atoms with Crippen LogP contribution in [0.3, 0.4) is 0 Å². The summed E-state index contributed by atoms with van der Waals surface area (Å²) in [5, 5.41) is 5.49. The molecule has 0 saturated heterocycles. The molecule has 0 aliphatic heterocycles. The molecule has 0 radical (unpaired) electrons. The van der Waals surface area contributed by atoms with E-state index in [1.165, 1.54) is 12.3 Å². The fourth-order valence-electron chi connectivity index (χ4n) is 2.28. The van der Waals surface area contributed by atoms with Crippen LogP contribution >= 0.6 is 0 Å². The number of benzene rings is 1. The Balaban J connectivity index is 2.02. The summed E-state index contributed by atoms with van der Waals surface area (Å²) in [4.78, 5) is 40.1. The van der Waals surface area contributed by atoms with Crippen LogP contribution in [-0.4, -0.2) is 35.9 Å². The third-order valence-corrected chi connectivity index (χ3v) is 3.72. The molecule has 2 aromatic rings. The highest BCUT2D eigenvalue weighted by atomic mass is 16.5. The van der Waals surface area contributed by atoms with Gasteiger partial charge < -0.3 is 15.4 Å². The van der Waals surface area contributed by atoms with Crippen molar-refractivity contribution in [1.82, 2.24) is 10.3 Å². The number of pyridine rings is 1. The number of hydrogen-bond acceptors (Lipinski definition) is 5. The zero-order chi connectivity index (χ0) is 19.6. The molecule has 7 nitrogen and oxygen atoms in total. The van der Waals surface area contributed by atoms with Crippen LogP contribution in [0.4, 0.5) is 5.69 Å². The van der Waals surface area contributed by atoms with E-state index >= 15 is 0 Å². The Labute approximate surface area is 158 Å². The van der Waals surface area contributed by atoms with E-state index in [1.54, 1.807) is 37.3 Å². The third-order valence-electron chi connectivity index (χ3n) is 3.72. The number of carbonyl (C=O) groups excluding carboxylic acids is 3. The second kappa shape index (κ2) is 10.1. The van der Waals surface area contributed by atoms with Crippen molar-refractivity contribution in [3.63, 3.8) is 0 Å². The number of hydrogen-bond donors (Lipinski definition) is 2. The van der Waals surface area contributed by atoms with Crippen molar-refractivity contribution in [2.24, 2.45) is 0 Å². The fourth-order valence-corrected chi connectivity index (χ4v) is 2.28. The lowest BCUT2D eigenvalue weighted by Gasteiger charge is -2.08. The van der Waals surface area contributed by atoms with Gasteiger partial charge in [-0.1, -0.05) is 13.3 Å². The lowest BCUT2D eigenvalue weighted by Crippen LogP contribution is -2.25. The van der Waals surface area contributed by atoms with E-state index in [2.05, 4.69) is 15.6 Å². The first kappa shape index (κ1) is 20.1. The van der Waals surface area contributed by atoms with Gasteiger partial charge in [0.25, 0.3) is 11.8 Å². The summed E-state index contributed by atoms with van der Waals surface area (Å²) in [7, 11) is 0. The normalized spacial score (nSPS) is 10.1. The molecule has 1 aromatic heterocycles. The minimum Gasteiger partial charge on any atom is -0.462 e. The van der Waals surface area contributed by atoms with Gasteiger partial charge in [-0.2, -0.15) is 0 Å². The molecule has 0 fully saturated rings. The van der Waals surface area contributed by atoms with Gasteiger partial charge in [0, 0.05) is 24.0 Å². The summed E-state index contributed by atoms with van der Waals surface area (Å²) in [5.41, 5.74) is 1.42. The highest BCUT2D eigenvalue weighted by Crippen LogP contribution is 2.12. The van der Waals surface area contributed by atoms with Crippen LogP contribution in [0, 0.1) is 0 Å². The number of esters is 1. The molecule has 0 aliphatic carbocycles. The molecule has 2 N–H and O–H groups in total. The van der Waals surface area contributed by atoms with Crippen LogP contribution in [-0.2, 0) is 4.74 Å². The van der Waals surface area contributed by atoms with E-state index in [1.807, 2.05) is 6.92 Å². The summed E-state index contributed by atoms with van der Waals surface area (Å²) >= 11 is 0. The van der Waals surface area contributed by atoms with Crippen molar-refractivity contribution in [1.29, 1.82) is 0 Å². The van der Waals surface area contributed by atoms with Crippen molar-refractivity contribution in [3.8, 4) is 0 Å². The molecule has 0 bridgehead atoms. The van der Waals surface area contributed by atoms with E-state index < -0.39 is 11.9 Å². The van der Waals surface area contributed by atoms with Crippen molar-refractivity contribution < 1.29 is 19.1 Å². The number of ether oxygens (including phenoxy) is 1. The van der Waals surface area contributed by atoms with Gasteiger partial charge in [0.15, 0.2) is 0 Å². The molecule has 0 unspecified atom stereocenters. The van der Waals surface area contributed by atoms with Crippen LogP contribution in [0.1, 0.15) is 57.9 Å². The molecule has 2 rings (SSSR count). The Morgan fingerprint density at radius 1 is 1.00 bits per heavy atom. The highest BCUT2D eigenvalue weighted by molar-refractivity contribution is 6.05. The number of nitrogens with zero attached hydrogens (tertiary/aromatic N) is 1. The second-order valence-corrected chi connectivity index (χ2v) is 5.79. The van der Waals surface area contributed by atoms with Crippen LogP contribution < -0.4 is 10.6 Å². The molecule has 0 atom stereocenters. The van der Waals surface area contributed by atoms with Crippen LogP contribution in [0.25, 0.3) is 0 Å². The zero-order valence-corrected chi connectivity index (χ0v) is 15.5. The van der Waals surface area contributed by atoms with Crippen LogP contribution in [0.15, 0.2) is 42.6 Å². The largest absolute Gasteiger partial charge is 0.462 e. The summed E-state index contributed by atoms with van der Waals surface area (Å²) in [6.07, 6.45) is 3.30. The first-order chi connectivity index (χ1) is 13.0. The van der Waals surface area contributed by atoms with Gasteiger partial charge in [0.05, 0.1) is 12.2 Å². The molecular formula is C20H23N3O4. The minimum absolute atomic E-state index is 0.132. The first-order valence-electron chi connectivity index (χ1n) is 8.88. The predicted octanol–water partition coefficient (Wildman–Crippen LogP) is 3.04. The molecular weight excluding hydrogens is 346 g/mol. The van der Waals surface area contributed by atoms with Gasteiger partial charge >= 0.3 is 5.97 Å². The monoisotopic (exact) mass is 369 g/mol. The molecule has 1 heterocycles. The summed E-state index contributed by atoms with van der Waals surface area (Å²) in [6, 6.07) is 9.35. The van der Waals surface area contributed by atoms with Crippen LogP contribution in [0.2, 0.25) is 0 Å². The number of nitrogens with one attached hydrogen (secondary N) is 2. The Morgan fingerprint density at radius 3 is 2.41 bits per heavy atom. The molecule has 0 aliphatic rings. The SMILES string of the molecule is CCCCNC(=O)c1ccnc(C(=O)Nc2ccc(C(=O)OCC)cc2)c1. The van der Waals surface area contributed by atoms with E-state index in [4.69, 9.17) is 4.74 Å². The second-order valence-electron chi connectivity index (χ2n) is 5.79. The number of unbranched alkanes of at least 4 members (excludes halogenated alkanes) is 1. The summed E-state index contributed by atoms with van der Waals surface area (Å²) in [5.74, 6) is -1.10. The molecule has 7 heteroatoms. The number of aromatic nitrogens is 1. The Hall–Kier alpha value is -3.22. The zero-order valence-electron chi connectivity index (χ0n) is 15.5. The summed E-state index contributed by atoms with van der Waals surface area (Å²) < 4.78 is 4.91. The Morgan fingerprint density at radius 2 is 1.74 bits per heavy atom. The van der Waals surface area contributed by atoms with E-state index in [0.717, 1.165) is 12.8 Å². The standard InChI is InChI=1S/C20H23N3O4/c1-3-5-11-22-18(24)15-10-12-21-17(13-15)19(25)23-16-8-6-14(7-9-16)20(26)27-4-2/h6-10,12-13H,3-5,11H2,1-2H3,(H,22,24)(H,23,25).